The smallest absolute Gasteiger partial charge is 0.115 e. The van der Waals surface area contributed by atoms with Crippen LogP contribution in [-0.4, -0.2) is 26.5 Å². The fourth-order valence-corrected chi connectivity index (χ4v) is 3.89. The molecule has 1 saturated carbocycles. The third-order valence-electron chi connectivity index (χ3n) is 4.61. The van der Waals surface area contributed by atoms with Crippen LogP contribution in [0.5, 0.6) is 0 Å². The van der Waals surface area contributed by atoms with Crippen molar-refractivity contribution in [1.82, 2.24) is 9.55 Å². The quantitative estimate of drug-likeness (QED) is 0.854. The van der Waals surface area contributed by atoms with Gasteiger partial charge in [-0.05, 0) is 37.3 Å². The first kappa shape index (κ1) is 15.9. The summed E-state index contributed by atoms with van der Waals surface area (Å²) in [5.41, 5.74) is 1.58. The Morgan fingerprint density at radius 2 is 1.95 bits per heavy atom. The van der Waals surface area contributed by atoms with Crippen LogP contribution in [-0.2, 0) is 12.0 Å². The Bertz CT molecular complexity index is 678. The number of benzene rings is 1. The fraction of sp³-hybridized carbons (Fsp3) is 0.611. The molecule has 22 heavy (non-hydrogen) atoms. The molecule has 0 saturated heterocycles. The van der Waals surface area contributed by atoms with E-state index in [1.54, 1.807) is 11.8 Å². The number of thioether (sulfide) groups is 1. The Morgan fingerprint density at radius 3 is 2.55 bits per heavy atom. The molecular formula is C18H26N2OS. The Labute approximate surface area is 137 Å². The molecule has 0 unspecified atom stereocenters. The number of aliphatic hydroxyl groups is 1. The average molecular weight is 318 g/mol. The maximum atomic E-state index is 10.9. The van der Waals surface area contributed by atoms with Crippen LogP contribution in [0.15, 0.2) is 23.1 Å². The molecule has 0 spiro atoms. The van der Waals surface area contributed by atoms with Gasteiger partial charge in [0.15, 0.2) is 0 Å². The van der Waals surface area contributed by atoms with E-state index in [-0.39, 0.29) is 5.41 Å². The molecule has 0 bridgehead atoms. The fourth-order valence-electron chi connectivity index (χ4n) is 3.45. The maximum Gasteiger partial charge on any atom is 0.115 e. The van der Waals surface area contributed by atoms with E-state index in [0.29, 0.717) is 6.54 Å². The van der Waals surface area contributed by atoms with Gasteiger partial charge in [0.25, 0.3) is 0 Å². The normalized spacial score (nSPS) is 18.2. The van der Waals surface area contributed by atoms with Gasteiger partial charge < -0.3 is 9.67 Å². The van der Waals surface area contributed by atoms with Gasteiger partial charge >= 0.3 is 0 Å². The first-order valence-corrected chi connectivity index (χ1v) is 9.32. The molecule has 0 aliphatic heterocycles. The molecule has 3 nitrogen and oxygen atoms in total. The van der Waals surface area contributed by atoms with Gasteiger partial charge in [-0.25, -0.2) is 4.98 Å². The standard InChI is InChI=1S/C18H26N2OS/c1-17(2,3)16-19-14-11-13(22-4)7-8-15(14)20(16)12-18(21)9-5-6-10-18/h7-8,11,21H,5-6,9-10,12H2,1-4H3. The van der Waals surface area contributed by atoms with Gasteiger partial charge in [-0.15, -0.1) is 11.8 Å². The third-order valence-corrected chi connectivity index (χ3v) is 5.34. The predicted octanol–water partition coefficient (Wildman–Crippen LogP) is 4.36. The monoisotopic (exact) mass is 318 g/mol. The molecule has 1 aromatic carbocycles. The molecule has 120 valence electrons. The summed E-state index contributed by atoms with van der Waals surface area (Å²) in [7, 11) is 0. The molecule has 1 heterocycles. The number of aromatic nitrogens is 2. The topological polar surface area (TPSA) is 38.0 Å². The first-order valence-electron chi connectivity index (χ1n) is 8.10. The Morgan fingerprint density at radius 1 is 1.27 bits per heavy atom. The third kappa shape index (κ3) is 2.91. The molecular weight excluding hydrogens is 292 g/mol. The summed E-state index contributed by atoms with van der Waals surface area (Å²) in [4.78, 5) is 6.14. The van der Waals surface area contributed by atoms with Crippen LogP contribution in [0.2, 0.25) is 0 Å². The highest BCUT2D eigenvalue weighted by atomic mass is 32.2. The van der Waals surface area contributed by atoms with Crippen molar-refractivity contribution in [2.24, 2.45) is 0 Å². The lowest BCUT2D eigenvalue weighted by molar-refractivity contribution is 0.0296. The van der Waals surface area contributed by atoms with E-state index < -0.39 is 5.60 Å². The summed E-state index contributed by atoms with van der Waals surface area (Å²) in [5.74, 6) is 1.07. The van der Waals surface area contributed by atoms with Crippen LogP contribution in [0.1, 0.15) is 52.3 Å². The second-order valence-electron chi connectivity index (χ2n) is 7.56. The minimum Gasteiger partial charge on any atom is -0.388 e. The van der Waals surface area contributed by atoms with Crippen LogP contribution < -0.4 is 0 Å². The van der Waals surface area contributed by atoms with Crippen molar-refractivity contribution in [2.45, 2.75) is 68.9 Å². The van der Waals surface area contributed by atoms with Crippen LogP contribution in [0.25, 0.3) is 11.0 Å². The summed E-state index contributed by atoms with van der Waals surface area (Å²) in [6.45, 7) is 7.24. The molecule has 1 N–H and O–H groups in total. The number of rotatable bonds is 3. The van der Waals surface area contributed by atoms with Crippen molar-refractivity contribution in [3.05, 3.63) is 24.0 Å². The highest BCUT2D eigenvalue weighted by molar-refractivity contribution is 7.98. The second-order valence-corrected chi connectivity index (χ2v) is 8.44. The van der Waals surface area contributed by atoms with Gasteiger partial charge in [-0.1, -0.05) is 33.6 Å². The zero-order valence-corrected chi connectivity index (χ0v) is 14.8. The number of fused-ring (bicyclic) bond motifs is 1. The van der Waals surface area contributed by atoms with Crippen LogP contribution in [0.3, 0.4) is 0 Å². The predicted molar refractivity (Wildman–Crippen MR) is 93.6 cm³/mol. The van der Waals surface area contributed by atoms with Gasteiger partial charge in [-0.2, -0.15) is 0 Å². The van der Waals surface area contributed by atoms with E-state index in [1.807, 2.05) is 0 Å². The lowest BCUT2D eigenvalue weighted by atomic mass is 9.94. The highest BCUT2D eigenvalue weighted by Crippen LogP contribution is 2.35. The molecule has 1 aliphatic rings. The minimum atomic E-state index is -0.564. The molecule has 2 aromatic rings. The molecule has 1 aromatic heterocycles. The SMILES string of the molecule is CSc1ccc2c(c1)nc(C(C)(C)C)n2CC1(O)CCCC1. The lowest BCUT2D eigenvalue weighted by Gasteiger charge is -2.27. The number of nitrogens with zero attached hydrogens (tertiary/aromatic N) is 2. The summed E-state index contributed by atoms with van der Waals surface area (Å²) in [6.07, 6.45) is 6.15. The largest absolute Gasteiger partial charge is 0.388 e. The van der Waals surface area contributed by atoms with Gasteiger partial charge in [0, 0.05) is 10.3 Å². The van der Waals surface area contributed by atoms with E-state index >= 15 is 0 Å². The molecule has 1 fully saturated rings. The van der Waals surface area contributed by atoms with Gasteiger partial charge in [0.1, 0.15) is 5.82 Å². The summed E-state index contributed by atoms with van der Waals surface area (Å²) >= 11 is 1.74. The number of imidazole rings is 1. The van der Waals surface area contributed by atoms with Gasteiger partial charge in [0.05, 0.1) is 23.2 Å². The number of hydrogen-bond donors (Lipinski definition) is 1. The molecule has 4 heteroatoms. The van der Waals surface area contributed by atoms with Gasteiger partial charge in [-0.3, -0.25) is 0 Å². The number of hydrogen-bond acceptors (Lipinski definition) is 3. The van der Waals surface area contributed by atoms with Crippen molar-refractivity contribution in [3.63, 3.8) is 0 Å². The Hall–Kier alpha value is -1.00. The molecule has 1 aliphatic carbocycles. The first-order chi connectivity index (χ1) is 10.3. The van der Waals surface area contributed by atoms with Crippen molar-refractivity contribution >= 4 is 22.8 Å². The van der Waals surface area contributed by atoms with E-state index in [1.165, 1.54) is 4.90 Å². The Kier molecular flexibility index (Phi) is 4.02. The summed E-state index contributed by atoms with van der Waals surface area (Å²) in [6, 6.07) is 6.46. The van der Waals surface area contributed by atoms with E-state index in [4.69, 9.17) is 4.98 Å². The molecule has 0 atom stereocenters. The maximum absolute atomic E-state index is 10.9. The van der Waals surface area contributed by atoms with Crippen LogP contribution >= 0.6 is 11.8 Å². The van der Waals surface area contributed by atoms with Crippen LogP contribution in [0.4, 0.5) is 0 Å². The lowest BCUT2D eigenvalue weighted by Crippen LogP contribution is -2.33. The highest BCUT2D eigenvalue weighted by Gasteiger charge is 2.34. The molecule has 0 amide bonds. The van der Waals surface area contributed by atoms with E-state index in [2.05, 4.69) is 49.8 Å². The van der Waals surface area contributed by atoms with Crippen molar-refractivity contribution in [2.75, 3.05) is 6.26 Å². The zero-order valence-electron chi connectivity index (χ0n) is 14.0. The van der Waals surface area contributed by atoms with Crippen molar-refractivity contribution in [1.29, 1.82) is 0 Å². The summed E-state index contributed by atoms with van der Waals surface area (Å²) in [5, 5.41) is 10.9. The van der Waals surface area contributed by atoms with Crippen molar-refractivity contribution < 1.29 is 5.11 Å². The summed E-state index contributed by atoms with van der Waals surface area (Å²) < 4.78 is 2.25. The Balaban J connectivity index is 2.12. The minimum absolute atomic E-state index is 0.0342. The van der Waals surface area contributed by atoms with Gasteiger partial charge in [0.2, 0.25) is 0 Å². The molecule has 0 radical (unpaired) electrons. The van der Waals surface area contributed by atoms with Crippen LogP contribution in [0, 0.1) is 0 Å². The average Bonchev–Trinajstić information content (AvgIpc) is 3.03. The zero-order chi connectivity index (χ0) is 16.0. The van der Waals surface area contributed by atoms with E-state index in [9.17, 15) is 5.11 Å². The second kappa shape index (κ2) is 5.57. The van der Waals surface area contributed by atoms with E-state index in [0.717, 1.165) is 42.5 Å². The van der Waals surface area contributed by atoms with Crippen molar-refractivity contribution in [3.8, 4) is 0 Å². The molecule has 3 rings (SSSR count).